The Balaban J connectivity index is 0.000000208. The normalized spacial score (nSPS) is 11.3. The first-order valence-electron chi connectivity index (χ1n) is 19.3. The van der Waals surface area contributed by atoms with E-state index in [1.54, 1.807) is 41.3 Å². The van der Waals surface area contributed by atoms with E-state index in [2.05, 4.69) is 25.3 Å². The van der Waals surface area contributed by atoms with Gasteiger partial charge < -0.3 is 29.2 Å². The number of nitro benzene ring substituents is 1. The van der Waals surface area contributed by atoms with Crippen LogP contribution in [0.5, 0.6) is 29.0 Å². The number of nitrogens with zero attached hydrogens (tertiary/aromatic N) is 6. The molecular weight excluding hydrogens is 1040 g/mol. The van der Waals surface area contributed by atoms with E-state index in [0.717, 1.165) is 40.1 Å². The molecule has 0 aliphatic rings. The van der Waals surface area contributed by atoms with E-state index in [1.807, 2.05) is 0 Å². The highest BCUT2D eigenvalue weighted by molar-refractivity contribution is 7.93. The first-order chi connectivity index (χ1) is 33.4. The summed E-state index contributed by atoms with van der Waals surface area (Å²) in [5.74, 6) is -3.01. The molecule has 4 N–H and O–H groups in total. The van der Waals surface area contributed by atoms with Crippen molar-refractivity contribution in [3.63, 3.8) is 0 Å². The number of aromatic nitrogens is 5. The van der Waals surface area contributed by atoms with E-state index >= 15 is 0 Å². The second-order valence-corrected chi connectivity index (χ2v) is 18.1. The predicted octanol–water partition coefficient (Wildman–Crippen LogP) is 7.55. The number of hydrogen-bond donors (Lipinski definition) is 4. The fourth-order valence-corrected chi connectivity index (χ4v) is 8.76. The zero-order valence-corrected chi connectivity index (χ0v) is 39.4. The summed E-state index contributed by atoms with van der Waals surface area (Å²) < 4.78 is 112. The molecule has 4 heterocycles. The van der Waals surface area contributed by atoms with E-state index in [9.17, 15) is 54.5 Å². The number of hydrogen-bond acceptors (Lipinski definition) is 17. The van der Waals surface area contributed by atoms with Gasteiger partial charge in [-0.05, 0) is 60.7 Å². The van der Waals surface area contributed by atoms with Crippen molar-refractivity contribution < 1.29 is 78.5 Å². The zero-order valence-electron chi connectivity index (χ0n) is 36.2. The van der Waals surface area contributed by atoms with Gasteiger partial charge in [-0.3, -0.25) is 24.8 Å². The van der Waals surface area contributed by atoms with E-state index in [-0.39, 0.29) is 45.6 Å². The number of sulfone groups is 1. The van der Waals surface area contributed by atoms with E-state index in [1.165, 1.54) is 45.5 Å². The summed E-state index contributed by atoms with van der Waals surface area (Å²) in [6.45, 7) is 0.955. The molecule has 0 fully saturated rings. The number of imidazole rings is 1. The monoisotopic (exact) mass is 1070 g/mol. The summed E-state index contributed by atoms with van der Waals surface area (Å²) >= 11 is 11.7. The summed E-state index contributed by atoms with van der Waals surface area (Å²) in [6.07, 6.45) is -1.65. The molecule has 7 aromatic rings. The maximum Gasteiger partial charge on any atom is 0.416 e. The minimum atomic E-state index is -4.68. The van der Waals surface area contributed by atoms with Gasteiger partial charge in [0.1, 0.15) is 34.0 Å². The van der Waals surface area contributed by atoms with Crippen LogP contribution in [0.4, 0.5) is 29.6 Å². The number of ether oxygens (including phenoxy) is 4. The van der Waals surface area contributed by atoms with Gasteiger partial charge in [0.15, 0.2) is 26.5 Å². The zero-order chi connectivity index (χ0) is 52.4. The number of aliphatic carboxylic acids is 1. The van der Waals surface area contributed by atoms with Crippen LogP contribution >= 0.6 is 23.2 Å². The van der Waals surface area contributed by atoms with Crippen molar-refractivity contribution in [3.8, 4) is 29.0 Å². The number of carbonyl (C=O) groups is 3. The molecule has 4 aromatic heterocycles. The molecule has 71 heavy (non-hydrogen) atoms. The molecule has 374 valence electrons. The highest BCUT2D eigenvalue weighted by Crippen LogP contribution is 2.37. The number of anilines is 1. The Morgan fingerprint density at radius 2 is 1.54 bits per heavy atom. The van der Waals surface area contributed by atoms with Crippen molar-refractivity contribution in [2.24, 2.45) is 0 Å². The lowest BCUT2D eigenvalue weighted by molar-refractivity contribution is -0.385. The van der Waals surface area contributed by atoms with Crippen LogP contribution in [0.25, 0.3) is 16.6 Å². The molecule has 30 heteroatoms. The lowest BCUT2D eigenvalue weighted by Crippen LogP contribution is -2.36. The Morgan fingerprint density at radius 3 is 2.13 bits per heavy atom. The van der Waals surface area contributed by atoms with E-state index in [0.29, 0.717) is 22.4 Å². The number of nitrogens with one attached hydrogen (secondary N) is 2. The Kier molecular flexibility index (Phi) is 17.1. The van der Waals surface area contributed by atoms with Gasteiger partial charge in [0.2, 0.25) is 17.7 Å². The summed E-state index contributed by atoms with van der Waals surface area (Å²) in [6, 6.07) is 16.7. The maximum absolute atomic E-state index is 13.0. The molecule has 0 spiro atoms. The van der Waals surface area contributed by atoms with Crippen molar-refractivity contribution >= 4 is 89.2 Å². The average Bonchev–Trinajstić information content (AvgIpc) is 3.74. The molecule has 0 atom stereocenters. The van der Waals surface area contributed by atoms with Crippen molar-refractivity contribution in [2.45, 2.75) is 23.2 Å². The molecule has 7 rings (SSSR count). The fourth-order valence-electron chi connectivity index (χ4n) is 5.67. The van der Waals surface area contributed by atoms with Gasteiger partial charge in [-0.1, -0.05) is 36.2 Å². The van der Waals surface area contributed by atoms with Gasteiger partial charge in [0, 0.05) is 29.9 Å². The van der Waals surface area contributed by atoms with Gasteiger partial charge in [-0.25, -0.2) is 32.5 Å². The van der Waals surface area contributed by atoms with E-state index < -0.39 is 82.4 Å². The van der Waals surface area contributed by atoms with Crippen molar-refractivity contribution in [1.82, 2.24) is 29.1 Å². The number of carbonyl (C=O) groups excluding carboxylic acids is 1. The number of rotatable bonds is 14. The van der Waals surface area contributed by atoms with Crippen LogP contribution in [0.2, 0.25) is 10.0 Å². The molecule has 0 bridgehead atoms. The molecule has 0 radical (unpaired) electrons. The Bertz CT molecular complexity index is 3380. The van der Waals surface area contributed by atoms with Crippen LogP contribution in [-0.2, 0) is 30.8 Å². The number of halogens is 5. The summed E-state index contributed by atoms with van der Waals surface area (Å²) in [5.41, 5.74) is -1.60. The molecule has 0 unspecified atom stereocenters. The third kappa shape index (κ3) is 13.6. The molecule has 0 saturated carbocycles. The van der Waals surface area contributed by atoms with Crippen molar-refractivity contribution in [1.29, 1.82) is 0 Å². The molecule has 0 aliphatic heterocycles. The predicted molar refractivity (Wildman–Crippen MR) is 244 cm³/mol. The number of amides is 2. The molecule has 0 aliphatic carbocycles. The SMILES string of the molecule is CCS(=O)(=O)c1nc2ccccn2c1S(=O)(=O)NC(=O)Nc1nc(OC)cc(OC)n1.O=C(O)COc1ccc(Cl)c2cccnc12.O=C(O)c1cc(Oc2ccc(C(F)(F)F)cc2Cl)ccc1[N+](=O)[O-]. The number of carboxylic acid groups (broad SMARTS) is 2. The number of aromatic carboxylic acids is 1. The van der Waals surface area contributed by atoms with Crippen LogP contribution in [0.1, 0.15) is 22.8 Å². The number of nitro groups is 1. The Labute approximate surface area is 407 Å². The molecule has 0 saturated heterocycles. The van der Waals surface area contributed by atoms with Gasteiger partial charge in [-0.2, -0.15) is 31.6 Å². The van der Waals surface area contributed by atoms with Crippen molar-refractivity contribution in [3.05, 3.63) is 129 Å². The lowest BCUT2D eigenvalue weighted by Gasteiger charge is -2.11. The van der Waals surface area contributed by atoms with Gasteiger partial charge in [0.25, 0.3) is 15.7 Å². The topological polar surface area (TPSA) is 320 Å². The number of pyridine rings is 2. The highest BCUT2D eigenvalue weighted by Gasteiger charge is 2.34. The quantitative estimate of drug-likeness (QED) is 0.0603. The van der Waals surface area contributed by atoms with Crippen LogP contribution in [-0.4, -0.2) is 101 Å². The van der Waals surface area contributed by atoms with E-state index in [4.69, 9.17) is 52.4 Å². The Hall–Kier alpha value is -8.08. The fraction of sp³-hybridized carbons (Fsp3) is 0.146. The maximum atomic E-state index is 13.0. The number of methoxy groups -OCH3 is 2. The van der Waals surface area contributed by atoms with Crippen LogP contribution in [0, 0.1) is 10.1 Å². The van der Waals surface area contributed by atoms with Crippen LogP contribution < -0.4 is 29.0 Å². The highest BCUT2D eigenvalue weighted by atomic mass is 35.5. The van der Waals surface area contributed by atoms with Crippen LogP contribution in [0.3, 0.4) is 0 Å². The smallest absolute Gasteiger partial charge is 0.416 e. The van der Waals surface area contributed by atoms with Gasteiger partial charge in [-0.15, -0.1) is 0 Å². The first kappa shape index (κ1) is 53.9. The third-order valence-electron chi connectivity index (χ3n) is 8.85. The number of fused-ring (bicyclic) bond motifs is 2. The molecular formula is C41H33Cl2F3N8O15S2. The summed E-state index contributed by atoms with van der Waals surface area (Å²) in [7, 11) is -6.04. The Morgan fingerprint density at radius 1 is 0.859 bits per heavy atom. The third-order valence-corrected chi connectivity index (χ3v) is 12.6. The number of sulfonamides is 1. The minimum Gasteiger partial charge on any atom is -0.481 e. The minimum absolute atomic E-state index is 0.0584. The average molecular weight is 1070 g/mol. The number of benzene rings is 3. The number of alkyl halides is 3. The number of carboxylic acids is 2. The van der Waals surface area contributed by atoms with Gasteiger partial charge in [0.05, 0.1) is 46.6 Å². The van der Waals surface area contributed by atoms with Crippen LogP contribution in [0.15, 0.2) is 107 Å². The first-order valence-corrected chi connectivity index (χ1v) is 23.2. The standard InChI is InChI=1S/C16H18N6O7S2.C14H7ClF3NO5.C11H8ClNO3/c1-4-30(24,25)13-14(22-8-6-5-7-10(22)17-13)31(26,27)21-16(23)20-15-18-11(28-2)9-12(19-15)29-3;15-10-5-7(14(16,17)18)1-4-12(10)24-8-2-3-11(19(22)23)9(6-8)13(20)21;12-8-3-4-9(16-6-10(14)15)11-7(8)2-1-5-13-11/h5-9H,4H2,1-3H3,(H2,18,19,20,21,23);1-6H,(H,20,21);1-5H,6H2,(H,14,15). The molecule has 3 aromatic carbocycles. The summed E-state index contributed by atoms with van der Waals surface area (Å²) in [4.78, 5) is 59.4. The lowest BCUT2D eigenvalue weighted by atomic mass is 10.1. The summed E-state index contributed by atoms with van der Waals surface area (Å²) in [5, 5.41) is 30.0. The van der Waals surface area contributed by atoms with Gasteiger partial charge >= 0.3 is 24.1 Å². The second kappa shape index (κ2) is 22.6. The molecule has 23 nitrogen and oxygen atoms in total. The largest absolute Gasteiger partial charge is 0.481 e. The van der Waals surface area contributed by atoms with Crippen molar-refractivity contribution in [2.75, 3.05) is 31.9 Å². The number of urea groups is 1. The molecule has 2 amide bonds. The second-order valence-electron chi connectivity index (χ2n) is 13.5.